The first-order valence-electron chi connectivity index (χ1n) is 12.9. The number of fused-ring (bicyclic) bond motifs is 1. The van der Waals surface area contributed by atoms with Crippen LogP contribution in [0.3, 0.4) is 0 Å². The number of hydrogen-bond acceptors (Lipinski definition) is 2. The number of nitrogens with one attached hydrogen (secondary N) is 1. The summed E-state index contributed by atoms with van der Waals surface area (Å²) < 4.78 is 0. The van der Waals surface area contributed by atoms with Crippen LogP contribution < -0.4 is 0 Å². The smallest absolute Gasteiger partial charge is 0.254 e. The van der Waals surface area contributed by atoms with Gasteiger partial charge in [0, 0.05) is 54.8 Å². The summed E-state index contributed by atoms with van der Waals surface area (Å²) >= 11 is 0. The van der Waals surface area contributed by atoms with Crippen molar-refractivity contribution in [3.8, 4) is 11.1 Å². The summed E-state index contributed by atoms with van der Waals surface area (Å²) in [4.78, 5) is 33.5. The van der Waals surface area contributed by atoms with Crippen molar-refractivity contribution < 1.29 is 9.59 Å². The van der Waals surface area contributed by atoms with Gasteiger partial charge in [0.2, 0.25) is 5.91 Å². The van der Waals surface area contributed by atoms with Crippen LogP contribution in [0.15, 0.2) is 85.1 Å². The van der Waals surface area contributed by atoms with E-state index in [0.29, 0.717) is 30.5 Å². The second-order valence-corrected chi connectivity index (χ2v) is 10.2. The molecule has 1 aliphatic heterocycles. The largest absolute Gasteiger partial charge is 0.361 e. The fourth-order valence-electron chi connectivity index (χ4n) is 5.42. The first kappa shape index (κ1) is 22.6. The lowest BCUT2D eigenvalue weighted by molar-refractivity contribution is -0.131. The van der Waals surface area contributed by atoms with Crippen molar-refractivity contribution >= 4 is 22.7 Å². The molecule has 1 saturated carbocycles. The highest BCUT2D eigenvalue weighted by atomic mass is 16.2. The number of benzene rings is 3. The van der Waals surface area contributed by atoms with E-state index < -0.39 is 0 Å². The SMILES string of the molecule is O=C(c1ccc(-c2cccc3[nH]ccc23)cc1)N(Cc1ccccc1)C[C@@H]1CCN(C(=O)C2CC2)C1. The van der Waals surface area contributed by atoms with Crippen LogP contribution in [-0.4, -0.2) is 46.2 Å². The third-order valence-corrected chi connectivity index (χ3v) is 7.54. The summed E-state index contributed by atoms with van der Waals surface area (Å²) in [6.07, 6.45) is 4.98. The van der Waals surface area contributed by atoms with Gasteiger partial charge in [0.25, 0.3) is 5.91 Å². The van der Waals surface area contributed by atoms with E-state index >= 15 is 0 Å². The Morgan fingerprint density at radius 3 is 2.47 bits per heavy atom. The summed E-state index contributed by atoms with van der Waals surface area (Å²) in [6, 6.07) is 26.5. The van der Waals surface area contributed by atoms with E-state index in [2.05, 4.69) is 35.3 Å². The van der Waals surface area contributed by atoms with E-state index in [4.69, 9.17) is 0 Å². The zero-order chi connectivity index (χ0) is 24.5. The zero-order valence-electron chi connectivity index (χ0n) is 20.4. The van der Waals surface area contributed by atoms with Crippen LogP contribution in [0.1, 0.15) is 35.2 Å². The number of hydrogen-bond donors (Lipinski definition) is 1. The van der Waals surface area contributed by atoms with Crippen molar-refractivity contribution in [1.82, 2.24) is 14.8 Å². The lowest BCUT2D eigenvalue weighted by atomic mass is 10.00. The maximum Gasteiger partial charge on any atom is 0.254 e. The third-order valence-electron chi connectivity index (χ3n) is 7.54. The minimum atomic E-state index is 0.0391. The molecule has 182 valence electrons. The molecular weight excluding hydrogens is 446 g/mol. The van der Waals surface area contributed by atoms with E-state index in [1.807, 2.05) is 64.5 Å². The molecule has 5 heteroatoms. The van der Waals surface area contributed by atoms with E-state index in [1.165, 1.54) is 5.39 Å². The van der Waals surface area contributed by atoms with Gasteiger partial charge in [0.15, 0.2) is 0 Å². The second-order valence-electron chi connectivity index (χ2n) is 10.2. The second kappa shape index (κ2) is 9.65. The molecular formula is C31H31N3O2. The van der Waals surface area contributed by atoms with Gasteiger partial charge in [-0.2, -0.15) is 0 Å². The molecule has 0 unspecified atom stereocenters. The first-order chi connectivity index (χ1) is 17.7. The molecule has 0 spiro atoms. The van der Waals surface area contributed by atoms with Gasteiger partial charge in [0.05, 0.1) is 0 Å². The number of H-pyrrole nitrogens is 1. The van der Waals surface area contributed by atoms with Crippen molar-refractivity contribution in [2.45, 2.75) is 25.8 Å². The maximum absolute atomic E-state index is 13.7. The fourth-order valence-corrected chi connectivity index (χ4v) is 5.42. The van der Waals surface area contributed by atoms with Crippen molar-refractivity contribution in [2.24, 2.45) is 11.8 Å². The van der Waals surface area contributed by atoms with Gasteiger partial charge in [-0.05, 0) is 66.1 Å². The Hall–Kier alpha value is -3.86. The molecule has 1 saturated heterocycles. The molecule has 1 N–H and O–H groups in total. The van der Waals surface area contributed by atoms with Crippen LogP contribution in [0, 0.1) is 11.8 Å². The normalized spacial score (nSPS) is 17.4. The average molecular weight is 478 g/mol. The summed E-state index contributed by atoms with van der Waals surface area (Å²) in [5.74, 6) is 0.913. The van der Waals surface area contributed by atoms with Crippen LogP contribution >= 0.6 is 0 Å². The lowest BCUT2D eigenvalue weighted by Crippen LogP contribution is -2.37. The van der Waals surface area contributed by atoms with Gasteiger partial charge in [-0.15, -0.1) is 0 Å². The molecule has 1 aliphatic carbocycles. The van der Waals surface area contributed by atoms with Crippen molar-refractivity contribution in [3.05, 3.63) is 96.2 Å². The lowest BCUT2D eigenvalue weighted by Gasteiger charge is -2.26. The summed E-state index contributed by atoms with van der Waals surface area (Å²) in [5, 5.41) is 1.17. The molecule has 2 heterocycles. The number of carbonyl (C=O) groups is 2. The Bertz CT molecular complexity index is 1370. The number of nitrogens with zero attached hydrogens (tertiary/aromatic N) is 2. The highest BCUT2D eigenvalue weighted by Gasteiger charge is 2.37. The van der Waals surface area contributed by atoms with Gasteiger partial charge in [-0.1, -0.05) is 54.6 Å². The first-order valence-corrected chi connectivity index (χ1v) is 12.9. The molecule has 1 aromatic heterocycles. The molecule has 2 aliphatic rings. The number of carbonyl (C=O) groups excluding carboxylic acids is 2. The van der Waals surface area contributed by atoms with Gasteiger partial charge >= 0.3 is 0 Å². The molecule has 6 rings (SSSR count). The Morgan fingerprint density at radius 1 is 0.889 bits per heavy atom. The summed E-state index contributed by atoms with van der Waals surface area (Å²) in [6.45, 7) is 2.80. The molecule has 36 heavy (non-hydrogen) atoms. The number of amides is 2. The monoisotopic (exact) mass is 477 g/mol. The van der Waals surface area contributed by atoms with Crippen molar-refractivity contribution in [3.63, 3.8) is 0 Å². The molecule has 4 aromatic rings. The third kappa shape index (κ3) is 4.66. The van der Waals surface area contributed by atoms with Crippen LogP contribution in [0.2, 0.25) is 0 Å². The van der Waals surface area contributed by atoms with Crippen LogP contribution in [0.5, 0.6) is 0 Å². The molecule has 3 aromatic carbocycles. The van der Waals surface area contributed by atoms with E-state index in [9.17, 15) is 9.59 Å². The van der Waals surface area contributed by atoms with Crippen LogP contribution in [0.25, 0.3) is 22.0 Å². The quantitative estimate of drug-likeness (QED) is 0.369. The minimum absolute atomic E-state index is 0.0391. The zero-order valence-corrected chi connectivity index (χ0v) is 20.4. The van der Waals surface area contributed by atoms with Crippen LogP contribution in [-0.2, 0) is 11.3 Å². The Labute approximate surface area is 211 Å². The predicted octanol–water partition coefficient (Wildman–Crippen LogP) is 5.74. The molecule has 2 fully saturated rings. The summed E-state index contributed by atoms with van der Waals surface area (Å²) in [7, 11) is 0. The topological polar surface area (TPSA) is 56.4 Å². The van der Waals surface area contributed by atoms with Crippen molar-refractivity contribution in [1.29, 1.82) is 0 Å². The molecule has 1 atom stereocenters. The Morgan fingerprint density at radius 2 is 1.69 bits per heavy atom. The van der Waals surface area contributed by atoms with E-state index in [1.54, 1.807) is 0 Å². The number of aromatic nitrogens is 1. The maximum atomic E-state index is 13.7. The molecule has 5 nitrogen and oxygen atoms in total. The van der Waals surface area contributed by atoms with Gasteiger partial charge < -0.3 is 14.8 Å². The molecule has 0 bridgehead atoms. The Balaban J connectivity index is 1.21. The predicted molar refractivity (Wildman–Crippen MR) is 142 cm³/mol. The minimum Gasteiger partial charge on any atom is -0.361 e. The van der Waals surface area contributed by atoms with Gasteiger partial charge in [-0.3, -0.25) is 9.59 Å². The number of aromatic amines is 1. The molecule has 0 radical (unpaired) electrons. The summed E-state index contributed by atoms with van der Waals surface area (Å²) in [5.41, 5.74) is 5.16. The van der Waals surface area contributed by atoms with Crippen molar-refractivity contribution in [2.75, 3.05) is 19.6 Å². The van der Waals surface area contributed by atoms with Gasteiger partial charge in [-0.25, -0.2) is 0 Å². The standard InChI is InChI=1S/C31H31N3O2/c35-30(25-13-14-25)33-18-16-23(20-33)21-34(19-22-5-2-1-3-6-22)31(36)26-11-9-24(10-12-26)27-7-4-8-29-28(27)15-17-32-29/h1-12,15,17,23,25,32H,13-14,16,18-21H2/t23-/m1/s1. The van der Waals surface area contributed by atoms with E-state index in [0.717, 1.165) is 54.6 Å². The van der Waals surface area contributed by atoms with Crippen LogP contribution in [0.4, 0.5) is 0 Å². The van der Waals surface area contributed by atoms with E-state index in [-0.39, 0.29) is 11.8 Å². The molecule has 2 amide bonds. The number of likely N-dealkylation sites (tertiary alicyclic amines) is 1. The van der Waals surface area contributed by atoms with Gasteiger partial charge in [0.1, 0.15) is 0 Å². The average Bonchev–Trinajstić information content (AvgIpc) is 3.47. The Kier molecular flexibility index (Phi) is 6.06. The fraction of sp³-hybridized carbons (Fsp3) is 0.290. The number of rotatable bonds is 7. The highest BCUT2D eigenvalue weighted by molar-refractivity contribution is 5.97. The highest BCUT2D eigenvalue weighted by Crippen LogP contribution is 2.33.